The fraction of sp³-hybridized carbons (Fsp3) is 0.333. The molecule has 0 unspecified atom stereocenters. The molecule has 0 spiro atoms. The molecule has 1 aliphatic rings. The number of aryl methyl sites for hydroxylation is 1. The number of benzene rings is 2. The maximum absolute atomic E-state index is 9.32. The van der Waals surface area contributed by atoms with Crippen molar-refractivity contribution in [1.82, 2.24) is 19.2 Å². The average molecular weight is 480 g/mol. The molecule has 0 bridgehead atoms. The Balaban J connectivity index is 1.54. The Morgan fingerprint density at radius 2 is 1.72 bits per heavy atom. The van der Waals surface area contributed by atoms with Crippen molar-refractivity contribution < 1.29 is 4.74 Å². The molecule has 0 saturated carbocycles. The topological polar surface area (TPSA) is 56.8 Å². The SMILES string of the molecule is COc1ccc(-c2nc3ccc(-c4ccc(C#N)c(C)c4)cn3c2CCN2CCCN(C)CC2)cc1. The molecule has 0 atom stereocenters. The van der Waals surface area contributed by atoms with E-state index in [1.54, 1.807) is 7.11 Å². The first-order valence-corrected chi connectivity index (χ1v) is 12.6. The number of hydrogen-bond acceptors (Lipinski definition) is 5. The van der Waals surface area contributed by atoms with Gasteiger partial charge in [0.15, 0.2) is 0 Å². The maximum Gasteiger partial charge on any atom is 0.137 e. The molecule has 36 heavy (non-hydrogen) atoms. The fourth-order valence-electron chi connectivity index (χ4n) is 5.04. The molecule has 2 aromatic heterocycles. The Bertz CT molecular complexity index is 1400. The normalized spacial score (nSPS) is 15.1. The average Bonchev–Trinajstić information content (AvgIpc) is 3.14. The molecule has 0 N–H and O–H groups in total. The summed E-state index contributed by atoms with van der Waals surface area (Å²) in [6.45, 7) is 7.50. The Morgan fingerprint density at radius 3 is 2.47 bits per heavy atom. The van der Waals surface area contributed by atoms with Crippen molar-refractivity contribution in [2.45, 2.75) is 19.8 Å². The number of nitrogens with zero attached hydrogens (tertiary/aromatic N) is 5. The first kappa shape index (κ1) is 24.1. The first-order chi connectivity index (χ1) is 17.6. The second-order valence-corrected chi connectivity index (χ2v) is 9.67. The summed E-state index contributed by atoms with van der Waals surface area (Å²) >= 11 is 0. The van der Waals surface area contributed by atoms with Crippen LogP contribution in [-0.2, 0) is 6.42 Å². The molecule has 0 radical (unpaired) electrons. The van der Waals surface area contributed by atoms with Crippen LogP contribution in [0.25, 0.3) is 28.0 Å². The molecule has 0 amide bonds. The maximum atomic E-state index is 9.32. The van der Waals surface area contributed by atoms with Crippen molar-refractivity contribution in [2.75, 3.05) is 46.9 Å². The Hall–Kier alpha value is -3.66. The summed E-state index contributed by atoms with van der Waals surface area (Å²) in [7, 11) is 3.90. The number of nitriles is 1. The highest BCUT2D eigenvalue weighted by Crippen LogP contribution is 2.30. The molecule has 0 aliphatic carbocycles. The van der Waals surface area contributed by atoms with E-state index in [9.17, 15) is 5.26 Å². The van der Waals surface area contributed by atoms with Crippen molar-refractivity contribution in [3.05, 3.63) is 77.6 Å². The summed E-state index contributed by atoms with van der Waals surface area (Å²) in [5.74, 6) is 0.844. The van der Waals surface area contributed by atoms with Gasteiger partial charge in [-0.15, -0.1) is 0 Å². The second-order valence-electron chi connectivity index (χ2n) is 9.67. The third kappa shape index (κ3) is 4.99. The van der Waals surface area contributed by atoms with E-state index in [-0.39, 0.29) is 0 Å². The minimum absolute atomic E-state index is 0.716. The molecule has 1 fully saturated rings. The van der Waals surface area contributed by atoms with Crippen LogP contribution in [0.3, 0.4) is 0 Å². The van der Waals surface area contributed by atoms with Crippen LogP contribution >= 0.6 is 0 Å². The third-order valence-electron chi connectivity index (χ3n) is 7.24. The van der Waals surface area contributed by atoms with Crippen LogP contribution in [0.5, 0.6) is 5.75 Å². The number of methoxy groups -OCH3 is 1. The highest BCUT2D eigenvalue weighted by atomic mass is 16.5. The molecule has 1 saturated heterocycles. The van der Waals surface area contributed by atoms with Gasteiger partial charge in [-0.05, 0) is 92.6 Å². The fourth-order valence-corrected chi connectivity index (χ4v) is 5.04. The molecule has 5 rings (SSSR count). The Morgan fingerprint density at radius 1 is 0.944 bits per heavy atom. The number of hydrogen-bond donors (Lipinski definition) is 0. The van der Waals surface area contributed by atoms with Crippen LogP contribution in [0.2, 0.25) is 0 Å². The van der Waals surface area contributed by atoms with Crippen LogP contribution in [0.1, 0.15) is 23.2 Å². The first-order valence-electron chi connectivity index (χ1n) is 12.6. The molecule has 6 heteroatoms. The lowest BCUT2D eigenvalue weighted by molar-refractivity contribution is 0.278. The van der Waals surface area contributed by atoms with Crippen LogP contribution in [-0.4, -0.2) is 66.1 Å². The number of likely N-dealkylation sites (N-methyl/N-ethyl adjacent to an activating group) is 1. The highest BCUT2D eigenvalue weighted by Gasteiger charge is 2.18. The van der Waals surface area contributed by atoms with Crippen LogP contribution in [0, 0.1) is 18.3 Å². The molecular formula is C30H33N5O. The molecule has 4 aromatic rings. The molecule has 6 nitrogen and oxygen atoms in total. The third-order valence-corrected chi connectivity index (χ3v) is 7.24. The molecule has 184 valence electrons. The van der Waals surface area contributed by atoms with E-state index in [1.807, 2.05) is 31.2 Å². The zero-order valence-corrected chi connectivity index (χ0v) is 21.4. The van der Waals surface area contributed by atoms with Crippen LogP contribution in [0.15, 0.2) is 60.8 Å². The van der Waals surface area contributed by atoms with Gasteiger partial charge in [-0.3, -0.25) is 0 Å². The minimum Gasteiger partial charge on any atom is -0.497 e. The standard InChI is InChI=1S/C30H33N5O/c1-22-19-24(5-6-25(22)20-31)26-9-12-29-32-30(23-7-10-27(36-3)11-8-23)28(35(29)21-26)13-16-34-15-4-14-33(2)17-18-34/h5-12,19,21H,4,13-18H2,1-3H3. The van der Waals surface area contributed by atoms with Crippen molar-refractivity contribution in [3.8, 4) is 34.2 Å². The van der Waals surface area contributed by atoms with Crippen molar-refractivity contribution in [1.29, 1.82) is 5.26 Å². The van der Waals surface area contributed by atoms with E-state index in [4.69, 9.17) is 9.72 Å². The summed E-state index contributed by atoms with van der Waals surface area (Å²) in [6.07, 6.45) is 4.32. The quantitative estimate of drug-likeness (QED) is 0.388. The van der Waals surface area contributed by atoms with E-state index >= 15 is 0 Å². The van der Waals surface area contributed by atoms with Gasteiger partial charge in [-0.25, -0.2) is 4.98 Å². The van der Waals surface area contributed by atoms with Gasteiger partial charge in [0, 0.05) is 37.8 Å². The summed E-state index contributed by atoms with van der Waals surface area (Å²) in [5.41, 5.74) is 8.22. The second kappa shape index (κ2) is 10.5. The van der Waals surface area contributed by atoms with Gasteiger partial charge in [-0.2, -0.15) is 5.26 Å². The number of imidazole rings is 1. The number of fused-ring (bicyclic) bond motifs is 1. The smallest absolute Gasteiger partial charge is 0.137 e. The lowest BCUT2D eigenvalue weighted by Gasteiger charge is -2.20. The molecular weight excluding hydrogens is 446 g/mol. The van der Waals surface area contributed by atoms with Gasteiger partial charge in [0.05, 0.1) is 30.1 Å². The number of pyridine rings is 1. The van der Waals surface area contributed by atoms with E-state index in [0.29, 0.717) is 5.56 Å². The van der Waals surface area contributed by atoms with Crippen LogP contribution < -0.4 is 4.74 Å². The van der Waals surface area contributed by atoms with Crippen LogP contribution in [0.4, 0.5) is 0 Å². The zero-order chi connectivity index (χ0) is 25.1. The van der Waals surface area contributed by atoms with Gasteiger partial charge in [0.25, 0.3) is 0 Å². The Kier molecular flexibility index (Phi) is 7.04. The molecule has 2 aromatic carbocycles. The highest BCUT2D eigenvalue weighted by molar-refractivity contribution is 5.71. The molecule has 3 heterocycles. The number of aromatic nitrogens is 2. The summed E-state index contributed by atoms with van der Waals surface area (Å²) in [6, 6.07) is 20.7. The van der Waals surface area contributed by atoms with Crippen molar-refractivity contribution in [2.24, 2.45) is 0 Å². The van der Waals surface area contributed by atoms with Gasteiger partial charge in [-0.1, -0.05) is 12.1 Å². The van der Waals surface area contributed by atoms with E-state index in [1.165, 1.54) is 12.1 Å². The van der Waals surface area contributed by atoms with Gasteiger partial charge in [0.1, 0.15) is 11.4 Å². The van der Waals surface area contributed by atoms with E-state index in [0.717, 1.165) is 78.5 Å². The van der Waals surface area contributed by atoms with E-state index in [2.05, 4.69) is 63.8 Å². The largest absolute Gasteiger partial charge is 0.497 e. The number of rotatable bonds is 6. The minimum atomic E-state index is 0.716. The van der Waals surface area contributed by atoms with Gasteiger partial charge >= 0.3 is 0 Å². The lowest BCUT2D eigenvalue weighted by Crippen LogP contribution is -2.30. The molecule has 1 aliphatic heterocycles. The predicted octanol–water partition coefficient (Wildman–Crippen LogP) is 5.04. The predicted molar refractivity (Wildman–Crippen MR) is 144 cm³/mol. The zero-order valence-electron chi connectivity index (χ0n) is 21.4. The van der Waals surface area contributed by atoms with E-state index < -0.39 is 0 Å². The number of ether oxygens (including phenoxy) is 1. The Labute approximate surface area is 213 Å². The summed E-state index contributed by atoms with van der Waals surface area (Å²) in [4.78, 5) is 10.1. The van der Waals surface area contributed by atoms with Gasteiger partial charge in [0.2, 0.25) is 0 Å². The summed E-state index contributed by atoms with van der Waals surface area (Å²) in [5, 5.41) is 9.32. The summed E-state index contributed by atoms with van der Waals surface area (Å²) < 4.78 is 7.63. The van der Waals surface area contributed by atoms with Crippen molar-refractivity contribution >= 4 is 5.65 Å². The van der Waals surface area contributed by atoms with Gasteiger partial charge < -0.3 is 18.9 Å². The lowest BCUT2D eigenvalue weighted by atomic mass is 10.0. The van der Waals surface area contributed by atoms with Crippen molar-refractivity contribution in [3.63, 3.8) is 0 Å². The monoisotopic (exact) mass is 479 g/mol.